The van der Waals surface area contributed by atoms with Crippen molar-refractivity contribution in [3.63, 3.8) is 0 Å². The van der Waals surface area contributed by atoms with Crippen LogP contribution in [0, 0.1) is 11.3 Å². The molecule has 2 rings (SSSR count). The molecule has 1 aliphatic rings. The monoisotopic (exact) mass is 371 g/mol. The van der Waals surface area contributed by atoms with E-state index < -0.39 is 0 Å². The molecule has 116 valence electrons. The molecule has 0 bridgehead atoms. The van der Waals surface area contributed by atoms with E-state index >= 15 is 0 Å². The van der Waals surface area contributed by atoms with Gasteiger partial charge in [-0.05, 0) is 48.8 Å². The molecule has 1 aliphatic heterocycles. The normalized spacial score (nSPS) is 20.2. The summed E-state index contributed by atoms with van der Waals surface area (Å²) in [7, 11) is 0. The van der Waals surface area contributed by atoms with Gasteiger partial charge in [0.15, 0.2) is 0 Å². The summed E-state index contributed by atoms with van der Waals surface area (Å²) >= 11 is 9.45. The fourth-order valence-corrected chi connectivity index (χ4v) is 3.89. The molecule has 1 atom stereocenters. The van der Waals surface area contributed by atoms with E-state index in [9.17, 15) is 4.79 Å². The molecule has 0 aliphatic carbocycles. The second-order valence-electron chi connectivity index (χ2n) is 6.94. The molecule has 1 amide bonds. The Kier molecular flexibility index (Phi) is 5.37. The molecule has 0 N–H and O–H groups in total. The zero-order valence-electron chi connectivity index (χ0n) is 13.0. The Hall–Kier alpha value is -0.540. The number of rotatable bonds is 1. The van der Waals surface area contributed by atoms with Crippen molar-refractivity contribution in [1.29, 1.82) is 0 Å². The van der Waals surface area contributed by atoms with Gasteiger partial charge in [0.25, 0.3) is 5.91 Å². The second kappa shape index (κ2) is 6.70. The van der Waals surface area contributed by atoms with Crippen LogP contribution in [0.3, 0.4) is 0 Å². The van der Waals surface area contributed by atoms with Gasteiger partial charge in [0.2, 0.25) is 0 Å². The third kappa shape index (κ3) is 4.46. The highest BCUT2D eigenvalue weighted by Gasteiger charge is 2.28. The molecule has 0 saturated carbocycles. The number of benzene rings is 1. The van der Waals surface area contributed by atoms with E-state index in [-0.39, 0.29) is 5.91 Å². The molecule has 0 aromatic heterocycles. The minimum absolute atomic E-state index is 0.0905. The van der Waals surface area contributed by atoms with Crippen LogP contribution in [0.15, 0.2) is 22.7 Å². The zero-order chi connectivity index (χ0) is 15.6. The number of carbonyl (C=O) groups is 1. The standard InChI is InChI=1S/C17H23BrClNO/c1-17(2,3)13-5-4-7-20(8-6-13)16(21)12-9-14(18)11-15(19)10-12/h9-11,13H,4-8H2,1-3H3. The molecule has 1 unspecified atom stereocenters. The Balaban J connectivity index is 2.10. The smallest absolute Gasteiger partial charge is 0.253 e. The predicted octanol–water partition coefficient (Wildman–Crippen LogP) is 5.39. The Morgan fingerprint density at radius 3 is 2.57 bits per heavy atom. The van der Waals surface area contributed by atoms with Gasteiger partial charge in [0.05, 0.1) is 0 Å². The van der Waals surface area contributed by atoms with E-state index in [1.54, 1.807) is 12.1 Å². The Morgan fingerprint density at radius 1 is 1.24 bits per heavy atom. The van der Waals surface area contributed by atoms with Crippen LogP contribution in [0.4, 0.5) is 0 Å². The first-order chi connectivity index (χ1) is 9.77. The second-order valence-corrected chi connectivity index (χ2v) is 8.30. The van der Waals surface area contributed by atoms with Gasteiger partial charge in [-0.2, -0.15) is 0 Å². The molecule has 1 saturated heterocycles. The lowest BCUT2D eigenvalue weighted by Crippen LogP contribution is -2.32. The topological polar surface area (TPSA) is 20.3 Å². The number of hydrogen-bond donors (Lipinski definition) is 0. The molecule has 1 aromatic carbocycles. The van der Waals surface area contributed by atoms with Crippen molar-refractivity contribution in [1.82, 2.24) is 4.90 Å². The largest absolute Gasteiger partial charge is 0.339 e. The summed E-state index contributed by atoms with van der Waals surface area (Å²) in [5.74, 6) is 0.772. The number of likely N-dealkylation sites (tertiary alicyclic amines) is 1. The van der Waals surface area contributed by atoms with Crippen LogP contribution in [0.5, 0.6) is 0 Å². The third-order valence-corrected chi connectivity index (χ3v) is 5.03. The fraction of sp³-hybridized carbons (Fsp3) is 0.588. The Morgan fingerprint density at radius 2 is 1.95 bits per heavy atom. The summed E-state index contributed by atoms with van der Waals surface area (Å²) in [4.78, 5) is 14.6. The average molecular weight is 373 g/mol. The number of carbonyl (C=O) groups excluding carboxylic acids is 1. The van der Waals surface area contributed by atoms with Crippen molar-refractivity contribution in [2.75, 3.05) is 13.1 Å². The van der Waals surface area contributed by atoms with Gasteiger partial charge in [0, 0.05) is 28.1 Å². The van der Waals surface area contributed by atoms with Gasteiger partial charge in [0.1, 0.15) is 0 Å². The molecule has 2 nitrogen and oxygen atoms in total. The lowest BCUT2D eigenvalue weighted by atomic mass is 9.77. The quantitative estimate of drug-likeness (QED) is 0.647. The summed E-state index contributed by atoms with van der Waals surface area (Å²) in [6.07, 6.45) is 3.36. The van der Waals surface area contributed by atoms with E-state index in [4.69, 9.17) is 11.6 Å². The van der Waals surface area contributed by atoms with Crippen molar-refractivity contribution in [3.8, 4) is 0 Å². The highest BCUT2D eigenvalue weighted by atomic mass is 79.9. The van der Waals surface area contributed by atoms with Gasteiger partial charge in [-0.3, -0.25) is 4.79 Å². The number of halogens is 2. The van der Waals surface area contributed by atoms with Crippen LogP contribution >= 0.6 is 27.5 Å². The maximum absolute atomic E-state index is 12.7. The van der Waals surface area contributed by atoms with Crippen LogP contribution in [0.25, 0.3) is 0 Å². The van der Waals surface area contributed by atoms with Crippen molar-refractivity contribution in [2.24, 2.45) is 11.3 Å². The van der Waals surface area contributed by atoms with Crippen LogP contribution in [0.1, 0.15) is 50.4 Å². The van der Waals surface area contributed by atoms with Crippen molar-refractivity contribution in [3.05, 3.63) is 33.3 Å². The Bertz CT molecular complexity index is 504. The molecule has 1 aromatic rings. The molecular weight excluding hydrogens is 350 g/mol. The molecule has 1 heterocycles. The number of hydrogen-bond acceptors (Lipinski definition) is 1. The third-order valence-electron chi connectivity index (χ3n) is 4.35. The minimum atomic E-state index is 0.0905. The highest BCUT2D eigenvalue weighted by Crippen LogP contribution is 2.34. The van der Waals surface area contributed by atoms with Gasteiger partial charge in [-0.15, -0.1) is 0 Å². The van der Waals surface area contributed by atoms with Gasteiger partial charge in [-0.1, -0.05) is 48.3 Å². The zero-order valence-corrected chi connectivity index (χ0v) is 15.3. The van der Waals surface area contributed by atoms with Gasteiger partial charge in [-0.25, -0.2) is 0 Å². The summed E-state index contributed by atoms with van der Waals surface area (Å²) in [5.41, 5.74) is 0.988. The van der Waals surface area contributed by atoms with Gasteiger partial charge >= 0.3 is 0 Å². The highest BCUT2D eigenvalue weighted by molar-refractivity contribution is 9.10. The van der Waals surface area contributed by atoms with Crippen molar-refractivity contribution < 1.29 is 4.79 Å². The summed E-state index contributed by atoms with van der Waals surface area (Å²) in [5, 5.41) is 0.593. The lowest BCUT2D eigenvalue weighted by Gasteiger charge is -2.29. The first kappa shape index (κ1) is 16.8. The average Bonchev–Trinajstić information content (AvgIpc) is 2.61. The van der Waals surface area contributed by atoms with E-state index in [1.165, 1.54) is 6.42 Å². The van der Waals surface area contributed by atoms with E-state index in [0.29, 0.717) is 21.9 Å². The van der Waals surface area contributed by atoms with Crippen LogP contribution < -0.4 is 0 Å². The van der Waals surface area contributed by atoms with Gasteiger partial charge < -0.3 is 4.90 Å². The predicted molar refractivity (Wildman–Crippen MR) is 91.9 cm³/mol. The van der Waals surface area contributed by atoms with Crippen molar-refractivity contribution in [2.45, 2.75) is 40.0 Å². The lowest BCUT2D eigenvalue weighted by molar-refractivity contribution is 0.0755. The fourth-order valence-electron chi connectivity index (χ4n) is 3.03. The minimum Gasteiger partial charge on any atom is -0.339 e. The van der Waals surface area contributed by atoms with E-state index in [1.807, 2.05) is 11.0 Å². The van der Waals surface area contributed by atoms with Crippen LogP contribution in [0.2, 0.25) is 5.02 Å². The van der Waals surface area contributed by atoms with Crippen molar-refractivity contribution >= 4 is 33.4 Å². The molecule has 0 spiro atoms. The molecule has 1 fully saturated rings. The summed E-state index contributed by atoms with van der Waals surface area (Å²) in [6.45, 7) is 8.57. The van der Waals surface area contributed by atoms with Crippen LogP contribution in [-0.4, -0.2) is 23.9 Å². The van der Waals surface area contributed by atoms with E-state index in [2.05, 4.69) is 36.7 Å². The number of nitrogens with zero attached hydrogens (tertiary/aromatic N) is 1. The first-order valence-corrected chi connectivity index (χ1v) is 8.70. The maximum Gasteiger partial charge on any atom is 0.253 e. The van der Waals surface area contributed by atoms with Crippen LogP contribution in [-0.2, 0) is 0 Å². The van der Waals surface area contributed by atoms with E-state index in [0.717, 1.165) is 30.4 Å². The molecule has 0 radical (unpaired) electrons. The molecule has 21 heavy (non-hydrogen) atoms. The summed E-state index contributed by atoms with van der Waals surface area (Å²) in [6, 6.07) is 5.40. The SMILES string of the molecule is CC(C)(C)C1CCCN(C(=O)c2cc(Cl)cc(Br)c2)CC1. The number of amides is 1. The maximum atomic E-state index is 12.7. The summed E-state index contributed by atoms with van der Waals surface area (Å²) < 4.78 is 0.848. The molecular formula is C17H23BrClNO. The molecule has 4 heteroatoms. The first-order valence-electron chi connectivity index (χ1n) is 7.53. The Labute approximate surface area is 141 Å².